The van der Waals surface area contributed by atoms with Crippen LogP contribution in [0.5, 0.6) is 0 Å². The van der Waals surface area contributed by atoms with Crippen molar-refractivity contribution in [1.29, 1.82) is 0 Å². The molecule has 0 aliphatic heterocycles. The van der Waals surface area contributed by atoms with E-state index in [1.54, 1.807) is 6.08 Å². The third kappa shape index (κ3) is 5.96. The number of allylic oxidation sites excluding steroid dienone is 2. The molecule has 0 aliphatic rings. The molecule has 2 unspecified atom stereocenters. The summed E-state index contributed by atoms with van der Waals surface area (Å²) in [5.41, 5.74) is 1.92. The second-order valence-corrected chi connectivity index (χ2v) is 5.31. The molecule has 1 aromatic rings. The van der Waals surface area contributed by atoms with Crippen LogP contribution in [0.15, 0.2) is 55.1 Å². The first-order valence-electron chi connectivity index (χ1n) is 7.34. The molecule has 2 atom stereocenters. The Labute approximate surface area is 127 Å². The maximum Gasteiger partial charge on any atom is 0.223 e. The predicted molar refractivity (Wildman–Crippen MR) is 86.8 cm³/mol. The molecule has 1 amide bonds. The van der Waals surface area contributed by atoms with Gasteiger partial charge in [-0.25, -0.2) is 0 Å². The minimum Gasteiger partial charge on any atom is -0.394 e. The van der Waals surface area contributed by atoms with Crippen LogP contribution >= 0.6 is 0 Å². The van der Waals surface area contributed by atoms with Gasteiger partial charge in [0.15, 0.2) is 0 Å². The molecule has 1 aromatic carbocycles. The zero-order valence-corrected chi connectivity index (χ0v) is 12.7. The Morgan fingerprint density at radius 2 is 2.05 bits per heavy atom. The highest BCUT2D eigenvalue weighted by Crippen LogP contribution is 2.16. The van der Waals surface area contributed by atoms with Gasteiger partial charge in [0, 0.05) is 5.92 Å². The lowest BCUT2D eigenvalue weighted by Gasteiger charge is -2.19. The molecule has 0 saturated heterocycles. The fraction of sp³-hybridized carbons (Fsp3) is 0.389. The Morgan fingerprint density at radius 3 is 2.62 bits per heavy atom. The summed E-state index contributed by atoms with van der Waals surface area (Å²) < 4.78 is 0. The number of hydrogen-bond donors (Lipinski definition) is 2. The molecule has 0 aromatic heterocycles. The zero-order chi connectivity index (χ0) is 15.7. The first-order valence-corrected chi connectivity index (χ1v) is 7.34. The van der Waals surface area contributed by atoms with Crippen molar-refractivity contribution in [2.75, 3.05) is 6.61 Å². The van der Waals surface area contributed by atoms with Gasteiger partial charge in [-0.05, 0) is 24.8 Å². The first kappa shape index (κ1) is 17.2. The monoisotopic (exact) mass is 287 g/mol. The second-order valence-electron chi connectivity index (χ2n) is 5.31. The van der Waals surface area contributed by atoms with Gasteiger partial charge in [0.2, 0.25) is 5.91 Å². The zero-order valence-electron chi connectivity index (χ0n) is 12.7. The lowest BCUT2D eigenvalue weighted by atomic mass is 10.00. The summed E-state index contributed by atoms with van der Waals surface area (Å²) in [6.45, 7) is 9.34. The Kier molecular flexibility index (Phi) is 7.48. The number of benzene rings is 1. The van der Waals surface area contributed by atoms with Crippen molar-refractivity contribution in [2.45, 2.75) is 32.2 Å². The van der Waals surface area contributed by atoms with Gasteiger partial charge in [0.1, 0.15) is 0 Å². The molecule has 0 aliphatic carbocycles. The van der Waals surface area contributed by atoms with Crippen molar-refractivity contribution in [3.8, 4) is 0 Å². The molecular weight excluding hydrogens is 262 g/mol. The molecule has 3 heteroatoms. The number of aliphatic hydroxyl groups is 1. The van der Waals surface area contributed by atoms with Gasteiger partial charge in [0.25, 0.3) is 0 Å². The quantitative estimate of drug-likeness (QED) is 0.684. The summed E-state index contributed by atoms with van der Waals surface area (Å²) in [7, 11) is 0. The predicted octanol–water partition coefficient (Wildman–Crippen LogP) is 3.38. The molecule has 0 bridgehead atoms. The van der Waals surface area contributed by atoms with Crippen molar-refractivity contribution in [3.05, 3.63) is 60.7 Å². The molecule has 2 N–H and O–H groups in total. The van der Waals surface area contributed by atoms with Crippen molar-refractivity contribution in [2.24, 2.45) is 5.92 Å². The van der Waals surface area contributed by atoms with E-state index in [0.717, 1.165) is 30.4 Å². The lowest BCUT2D eigenvalue weighted by molar-refractivity contribution is -0.125. The number of amides is 1. The third-order valence-electron chi connectivity index (χ3n) is 3.57. The van der Waals surface area contributed by atoms with Crippen LogP contribution in [0.2, 0.25) is 0 Å². The van der Waals surface area contributed by atoms with Crippen LogP contribution < -0.4 is 5.32 Å². The van der Waals surface area contributed by atoms with Gasteiger partial charge in [-0.3, -0.25) is 4.79 Å². The van der Waals surface area contributed by atoms with Crippen LogP contribution in [0.25, 0.3) is 0 Å². The molecule has 0 fully saturated rings. The third-order valence-corrected chi connectivity index (χ3v) is 3.57. The van der Waals surface area contributed by atoms with E-state index in [-0.39, 0.29) is 24.5 Å². The van der Waals surface area contributed by atoms with Crippen LogP contribution in [0, 0.1) is 5.92 Å². The van der Waals surface area contributed by atoms with Crippen LogP contribution in [-0.4, -0.2) is 17.6 Å². The summed E-state index contributed by atoms with van der Waals surface area (Å²) in [5.74, 6) is -0.109. The number of carbonyl (C=O) groups is 1. The molecule has 0 heterocycles. The van der Waals surface area contributed by atoms with Crippen molar-refractivity contribution in [1.82, 2.24) is 5.32 Å². The van der Waals surface area contributed by atoms with E-state index in [9.17, 15) is 9.90 Å². The SMILES string of the molecule is C=CC(=C)CCCC(C)C(=O)NC(CO)c1ccccc1. The fourth-order valence-corrected chi connectivity index (χ4v) is 2.10. The van der Waals surface area contributed by atoms with Crippen LogP contribution in [0.1, 0.15) is 37.8 Å². The van der Waals surface area contributed by atoms with Gasteiger partial charge in [-0.1, -0.05) is 62.1 Å². The molecule has 114 valence electrons. The fourth-order valence-electron chi connectivity index (χ4n) is 2.10. The van der Waals surface area contributed by atoms with Crippen molar-refractivity contribution in [3.63, 3.8) is 0 Å². The normalized spacial score (nSPS) is 13.2. The summed E-state index contributed by atoms with van der Waals surface area (Å²) in [6, 6.07) is 9.17. The highest BCUT2D eigenvalue weighted by atomic mass is 16.3. The van der Waals surface area contributed by atoms with Crippen LogP contribution in [0.4, 0.5) is 0 Å². The molecule has 0 spiro atoms. The van der Waals surface area contributed by atoms with Crippen LogP contribution in [-0.2, 0) is 4.79 Å². The smallest absolute Gasteiger partial charge is 0.223 e. The summed E-state index contributed by atoms with van der Waals surface area (Å²) in [6.07, 6.45) is 4.32. The molecular formula is C18H25NO2. The number of hydrogen-bond acceptors (Lipinski definition) is 2. The van der Waals surface area contributed by atoms with Gasteiger partial charge in [-0.15, -0.1) is 0 Å². The average Bonchev–Trinajstić information content (AvgIpc) is 2.52. The summed E-state index contributed by atoms with van der Waals surface area (Å²) in [4.78, 5) is 12.2. The Balaban J connectivity index is 2.46. The topological polar surface area (TPSA) is 49.3 Å². The average molecular weight is 287 g/mol. The maximum atomic E-state index is 12.2. The molecule has 0 saturated carbocycles. The summed E-state index contributed by atoms with van der Waals surface area (Å²) >= 11 is 0. The van der Waals surface area contributed by atoms with Crippen molar-refractivity contribution < 1.29 is 9.90 Å². The highest BCUT2D eigenvalue weighted by Gasteiger charge is 2.18. The minimum absolute atomic E-state index is 0.0258. The number of carbonyl (C=O) groups excluding carboxylic acids is 1. The largest absolute Gasteiger partial charge is 0.394 e. The van der Waals surface area contributed by atoms with Gasteiger partial charge in [0.05, 0.1) is 12.6 Å². The highest BCUT2D eigenvalue weighted by molar-refractivity contribution is 5.78. The Hall–Kier alpha value is -1.87. The van der Waals surface area contributed by atoms with E-state index in [1.165, 1.54) is 0 Å². The van der Waals surface area contributed by atoms with Crippen LogP contribution in [0.3, 0.4) is 0 Å². The first-order chi connectivity index (χ1) is 10.1. The number of nitrogens with one attached hydrogen (secondary N) is 1. The molecule has 0 radical (unpaired) electrons. The Bertz CT molecular complexity index is 467. The van der Waals surface area contributed by atoms with E-state index < -0.39 is 0 Å². The number of rotatable bonds is 9. The van der Waals surface area contributed by atoms with E-state index >= 15 is 0 Å². The van der Waals surface area contributed by atoms with Gasteiger partial charge < -0.3 is 10.4 Å². The lowest BCUT2D eigenvalue weighted by Crippen LogP contribution is -2.34. The van der Waals surface area contributed by atoms with E-state index in [0.29, 0.717) is 0 Å². The van der Waals surface area contributed by atoms with Gasteiger partial charge >= 0.3 is 0 Å². The summed E-state index contributed by atoms with van der Waals surface area (Å²) in [5, 5.41) is 12.4. The molecule has 3 nitrogen and oxygen atoms in total. The second kappa shape index (κ2) is 9.14. The Morgan fingerprint density at radius 1 is 1.38 bits per heavy atom. The van der Waals surface area contributed by atoms with E-state index in [2.05, 4.69) is 18.5 Å². The van der Waals surface area contributed by atoms with Gasteiger partial charge in [-0.2, -0.15) is 0 Å². The minimum atomic E-state index is -0.343. The molecule has 1 rings (SSSR count). The standard InChI is InChI=1S/C18H25NO2/c1-4-14(2)9-8-10-15(3)18(21)19-17(13-20)16-11-6-5-7-12-16/h4-7,11-12,15,17,20H,1-2,8-10,13H2,3H3,(H,19,21). The molecule has 21 heavy (non-hydrogen) atoms. The van der Waals surface area contributed by atoms with Crippen molar-refractivity contribution >= 4 is 5.91 Å². The van der Waals surface area contributed by atoms with E-state index in [4.69, 9.17) is 0 Å². The number of aliphatic hydroxyl groups excluding tert-OH is 1. The van der Waals surface area contributed by atoms with E-state index in [1.807, 2.05) is 37.3 Å². The maximum absolute atomic E-state index is 12.2.